The van der Waals surface area contributed by atoms with Crippen molar-refractivity contribution in [2.24, 2.45) is 0 Å². The van der Waals surface area contributed by atoms with Crippen LogP contribution >= 0.6 is 7.82 Å². The second-order valence-electron chi connectivity index (χ2n) is 7.99. The number of benzene rings is 4. The lowest BCUT2D eigenvalue weighted by atomic mass is 9.93. The van der Waals surface area contributed by atoms with E-state index in [1.54, 1.807) is 24.3 Å². The lowest BCUT2D eigenvalue weighted by molar-refractivity contribution is 0.288. The van der Waals surface area contributed by atoms with Gasteiger partial charge in [-0.3, -0.25) is 4.89 Å². The van der Waals surface area contributed by atoms with Gasteiger partial charge in [0, 0.05) is 23.0 Å². The van der Waals surface area contributed by atoms with E-state index >= 15 is 0 Å². The van der Waals surface area contributed by atoms with Crippen LogP contribution in [0.5, 0.6) is 11.5 Å². The quantitative estimate of drug-likeness (QED) is 0.277. The van der Waals surface area contributed by atoms with Crippen molar-refractivity contribution in [3.8, 4) is 11.5 Å². The number of rotatable bonds is 8. The molecule has 0 radical (unpaired) electrons. The predicted octanol–water partition coefficient (Wildman–Crippen LogP) is 7.55. The van der Waals surface area contributed by atoms with Crippen molar-refractivity contribution < 1.29 is 18.5 Å². The van der Waals surface area contributed by atoms with Crippen LogP contribution in [0.4, 0.5) is 0 Å². The lowest BCUT2D eigenvalue weighted by Gasteiger charge is -2.22. The van der Waals surface area contributed by atoms with E-state index in [1.807, 2.05) is 98.8 Å². The maximum Gasteiger partial charge on any atom is 0.584 e. The Morgan fingerprint density at radius 3 is 1.30 bits per heavy atom. The van der Waals surface area contributed by atoms with Crippen LogP contribution in [-0.2, 0) is 4.57 Å². The molecule has 0 spiro atoms. The minimum absolute atomic E-state index is 0.0206. The number of phosphoric ester groups is 1. The zero-order valence-corrected chi connectivity index (χ0v) is 19.6. The molecular weight excluding hydrogens is 431 g/mol. The molecule has 4 rings (SSSR count). The third kappa shape index (κ3) is 5.54. The summed E-state index contributed by atoms with van der Waals surface area (Å²) in [5.41, 5.74) is 3.80. The van der Waals surface area contributed by atoms with E-state index in [9.17, 15) is 9.46 Å². The van der Waals surface area contributed by atoms with Crippen molar-refractivity contribution in [2.45, 2.75) is 25.7 Å². The zero-order valence-electron chi connectivity index (χ0n) is 18.7. The molecule has 0 aliphatic rings. The Kier molecular flexibility index (Phi) is 6.98. The topological polar surface area (TPSA) is 55.8 Å². The van der Waals surface area contributed by atoms with Crippen LogP contribution in [0, 0.1) is 0 Å². The number of para-hydroxylation sites is 2. The summed E-state index contributed by atoms with van der Waals surface area (Å²) in [5, 5.41) is 0. The van der Waals surface area contributed by atoms with Crippen LogP contribution in [-0.4, -0.2) is 4.89 Å². The smallest absolute Gasteiger partial charge is 0.395 e. The summed E-state index contributed by atoms with van der Waals surface area (Å²) >= 11 is 0. The van der Waals surface area contributed by atoms with Crippen LogP contribution in [0.25, 0.3) is 0 Å². The Bertz CT molecular complexity index is 1150. The highest BCUT2D eigenvalue weighted by molar-refractivity contribution is 7.48. The normalized spacial score (nSPS) is 13.2. The van der Waals surface area contributed by atoms with Crippen molar-refractivity contribution in [3.05, 3.63) is 131 Å². The van der Waals surface area contributed by atoms with Crippen molar-refractivity contribution in [1.82, 2.24) is 0 Å². The fourth-order valence-electron chi connectivity index (χ4n) is 3.95. The monoisotopic (exact) mass is 458 g/mol. The van der Waals surface area contributed by atoms with Crippen LogP contribution in [0.15, 0.2) is 109 Å². The average Bonchev–Trinajstić information content (AvgIpc) is 2.84. The molecule has 0 aliphatic carbocycles. The van der Waals surface area contributed by atoms with Gasteiger partial charge in [0.15, 0.2) is 0 Å². The molecule has 4 aromatic carbocycles. The first kappa shape index (κ1) is 22.8. The number of hydrogen-bond acceptors (Lipinski definition) is 3. The molecule has 0 bridgehead atoms. The van der Waals surface area contributed by atoms with Gasteiger partial charge in [-0.1, -0.05) is 111 Å². The van der Waals surface area contributed by atoms with E-state index in [0.29, 0.717) is 11.5 Å². The highest BCUT2D eigenvalue weighted by atomic mass is 31.2. The highest BCUT2D eigenvalue weighted by Gasteiger charge is 2.29. The number of phosphoric acid groups is 1. The maximum absolute atomic E-state index is 13.1. The summed E-state index contributed by atoms with van der Waals surface area (Å²) in [6.45, 7) is 4.08. The van der Waals surface area contributed by atoms with Gasteiger partial charge in [0.25, 0.3) is 0 Å². The molecule has 0 saturated carbocycles. The van der Waals surface area contributed by atoms with E-state index in [1.165, 1.54) is 0 Å². The molecule has 1 N–H and O–H groups in total. The molecule has 4 nitrogen and oxygen atoms in total. The molecule has 2 atom stereocenters. The maximum atomic E-state index is 13.1. The molecule has 0 heterocycles. The summed E-state index contributed by atoms with van der Waals surface area (Å²) in [4.78, 5) is 10.7. The predicted molar refractivity (Wildman–Crippen MR) is 132 cm³/mol. The van der Waals surface area contributed by atoms with Gasteiger partial charge in [-0.25, -0.2) is 4.57 Å². The van der Waals surface area contributed by atoms with Crippen LogP contribution < -0.4 is 9.05 Å². The summed E-state index contributed by atoms with van der Waals surface area (Å²) in [5.74, 6) is 0.613. The summed E-state index contributed by atoms with van der Waals surface area (Å²) in [6, 6.07) is 34.4. The average molecular weight is 458 g/mol. The fourth-order valence-corrected chi connectivity index (χ4v) is 4.82. The first-order chi connectivity index (χ1) is 15.9. The molecule has 0 amide bonds. The van der Waals surface area contributed by atoms with E-state index in [4.69, 9.17) is 9.05 Å². The molecule has 5 heteroatoms. The Balaban J connectivity index is 1.59. The molecule has 4 aromatic rings. The van der Waals surface area contributed by atoms with Crippen LogP contribution in [0.1, 0.15) is 47.9 Å². The third-order valence-electron chi connectivity index (χ3n) is 5.80. The molecule has 0 aliphatic heterocycles. The Labute approximate surface area is 195 Å². The van der Waals surface area contributed by atoms with Crippen molar-refractivity contribution >= 4 is 7.82 Å². The van der Waals surface area contributed by atoms with E-state index < -0.39 is 7.82 Å². The van der Waals surface area contributed by atoms with Gasteiger partial charge >= 0.3 is 7.82 Å². The minimum atomic E-state index is -4.45. The molecule has 0 unspecified atom stereocenters. The standard InChI is InChI=1S/C28H27O4P/c1-21(23-13-5-3-6-14-23)25-17-9-11-19-27(25)31-33(29,30)32-28-20-12-10-18-26(28)22(2)24-15-7-4-8-16-24/h3-22H,1-2H3,(H,29,30)/t21-,22-/m0/s1. The molecule has 33 heavy (non-hydrogen) atoms. The van der Waals surface area contributed by atoms with Gasteiger partial charge in [-0.05, 0) is 23.3 Å². The highest BCUT2D eigenvalue weighted by Crippen LogP contribution is 2.48. The SMILES string of the molecule is C[C@@H](c1ccccc1)c1ccccc1OP(=O)(O)Oc1ccccc1[C@@H](C)c1ccccc1. The second-order valence-corrected chi connectivity index (χ2v) is 9.29. The van der Waals surface area contributed by atoms with Crippen molar-refractivity contribution in [3.63, 3.8) is 0 Å². The summed E-state index contributed by atoms with van der Waals surface area (Å²) < 4.78 is 24.3. The largest absolute Gasteiger partial charge is 0.584 e. The van der Waals surface area contributed by atoms with Gasteiger partial charge < -0.3 is 9.05 Å². The zero-order chi connectivity index (χ0) is 23.3. The van der Waals surface area contributed by atoms with Gasteiger partial charge in [0.05, 0.1) is 0 Å². The van der Waals surface area contributed by atoms with Crippen LogP contribution in [0.3, 0.4) is 0 Å². The molecular formula is C28H27O4P. The van der Waals surface area contributed by atoms with Gasteiger partial charge in [-0.2, -0.15) is 0 Å². The molecule has 0 fully saturated rings. The first-order valence-electron chi connectivity index (χ1n) is 10.9. The van der Waals surface area contributed by atoms with Crippen molar-refractivity contribution in [1.29, 1.82) is 0 Å². The second kappa shape index (κ2) is 10.1. The van der Waals surface area contributed by atoms with E-state index in [-0.39, 0.29) is 11.8 Å². The van der Waals surface area contributed by atoms with Crippen LogP contribution in [0.2, 0.25) is 0 Å². The van der Waals surface area contributed by atoms with Crippen molar-refractivity contribution in [2.75, 3.05) is 0 Å². The lowest BCUT2D eigenvalue weighted by Crippen LogP contribution is -2.06. The molecule has 0 saturated heterocycles. The Morgan fingerprint density at radius 2 is 0.909 bits per heavy atom. The van der Waals surface area contributed by atoms with Gasteiger partial charge in [0.1, 0.15) is 11.5 Å². The Morgan fingerprint density at radius 1 is 0.576 bits per heavy atom. The summed E-state index contributed by atoms with van der Waals surface area (Å²) in [6.07, 6.45) is 0. The van der Waals surface area contributed by atoms with E-state index in [0.717, 1.165) is 22.3 Å². The Hall–Kier alpha value is -3.33. The number of hydrogen-bond donors (Lipinski definition) is 1. The molecule has 0 aromatic heterocycles. The minimum Gasteiger partial charge on any atom is -0.395 e. The van der Waals surface area contributed by atoms with Gasteiger partial charge in [0.2, 0.25) is 0 Å². The third-order valence-corrected chi connectivity index (χ3v) is 6.65. The fraction of sp³-hybridized carbons (Fsp3) is 0.143. The summed E-state index contributed by atoms with van der Waals surface area (Å²) in [7, 11) is -4.45. The molecule has 168 valence electrons. The first-order valence-corrected chi connectivity index (χ1v) is 12.4. The van der Waals surface area contributed by atoms with Gasteiger partial charge in [-0.15, -0.1) is 0 Å². The van der Waals surface area contributed by atoms with E-state index in [2.05, 4.69) is 0 Å².